The molecule has 6 heteroatoms. The van der Waals surface area contributed by atoms with Crippen LogP contribution in [0, 0.1) is 5.82 Å². The highest BCUT2D eigenvalue weighted by Gasteiger charge is 2.27. The lowest BCUT2D eigenvalue weighted by Gasteiger charge is -2.26. The van der Waals surface area contributed by atoms with E-state index in [-0.39, 0.29) is 30.1 Å². The van der Waals surface area contributed by atoms with Gasteiger partial charge in [0.05, 0.1) is 30.0 Å². The Bertz CT molecular complexity index is 710. The number of halogens is 1. The smallest absolute Gasteiger partial charge is 0.226 e. The highest BCUT2D eigenvalue weighted by molar-refractivity contribution is 5.78. The van der Waals surface area contributed by atoms with Gasteiger partial charge in [0.25, 0.3) is 0 Å². The number of nitrogens with zero attached hydrogens (tertiary/aromatic N) is 3. The van der Waals surface area contributed by atoms with Gasteiger partial charge in [0.1, 0.15) is 5.82 Å². The molecule has 0 spiro atoms. The Morgan fingerprint density at radius 2 is 2.35 bits per heavy atom. The van der Waals surface area contributed by atoms with Crippen molar-refractivity contribution in [2.75, 3.05) is 0 Å². The molecule has 0 aliphatic heterocycles. The van der Waals surface area contributed by atoms with Crippen LogP contribution in [0.2, 0.25) is 0 Å². The number of rotatable bonds is 4. The van der Waals surface area contributed by atoms with Gasteiger partial charge in [-0.25, -0.2) is 4.39 Å². The van der Waals surface area contributed by atoms with Crippen molar-refractivity contribution in [3.05, 3.63) is 47.3 Å². The Balaban J connectivity index is 1.76. The second-order valence-electron chi connectivity index (χ2n) is 6.21. The second-order valence-corrected chi connectivity index (χ2v) is 6.21. The van der Waals surface area contributed by atoms with Crippen LogP contribution in [-0.4, -0.2) is 20.7 Å². The molecular weight excluding hydrogens is 295 g/mol. The molecule has 2 aromatic heterocycles. The fourth-order valence-electron chi connectivity index (χ4n) is 3.11. The molecule has 0 aromatic carbocycles. The van der Waals surface area contributed by atoms with Gasteiger partial charge in [-0.05, 0) is 50.8 Å². The summed E-state index contributed by atoms with van der Waals surface area (Å²) in [5, 5.41) is 7.47. The summed E-state index contributed by atoms with van der Waals surface area (Å²) < 4.78 is 15.6. The number of aromatic nitrogens is 3. The van der Waals surface area contributed by atoms with E-state index in [0.29, 0.717) is 0 Å². The molecule has 0 radical (unpaired) electrons. The van der Waals surface area contributed by atoms with Gasteiger partial charge in [-0.15, -0.1) is 0 Å². The molecule has 5 nitrogen and oxygen atoms in total. The van der Waals surface area contributed by atoms with Crippen LogP contribution in [0.1, 0.15) is 55.7 Å². The number of carbonyl (C=O) groups excluding carboxylic acids is 1. The normalized spacial score (nSPS) is 17.1. The van der Waals surface area contributed by atoms with Gasteiger partial charge in [0, 0.05) is 12.2 Å². The van der Waals surface area contributed by atoms with E-state index >= 15 is 0 Å². The van der Waals surface area contributed by atoms with Gasteiger partial charge in [0.15, 0.2) is 0 Å². The molecular formula is C17H21FN4O. The Kier molecular flexibility index (Phi) is 4.41. The van der Waals surface area contributed by atoms with Gasteiger partial charge >= 0.3 is 0 Å². The topological polar surface area (TPSA) is 59.8 Å². The number of fused-ring (bicyclic) bond motifs is 1. The van der Waals surface area contributed by atoms with Crippen LogP contribution in [0.15, 0.2) is 24.5 Å². The third kappa shape index (κ3) is 3.25. The Labute approximate surface area is 134 Å². The van der Waals surface area contributed by atoms with Gasteiger partial charge in [-0.2, -0.15) is 5.10 Å². The van der Waals surface area contributed by atoms with Crippen molar-refractivity contribution in [2.45, 2.75) is 51.6 Å². The van der Waals surface area contributed by atoms with Gasteiger partial charge in [0.2, 0.25) is 5.91 Å². The maximum absolute atomic E-state index is 13.6. The molecule has 1 aliphatic carbocycles. The van der Waals surface area contributed by atoms with E-state index in [4.69, 9.17) is 0 Å². The molecule has 0 saturated carbocycles. The number of pyridine rings is 1. The maximum Gasteiger partial charge on any atom is 0.226 e. The van der Waals surface area contributed by atoms with Crippen molar-refractivity contribution < 1.29 is 9.18 Å². The molecule has 0 saturated heterocycles. The Morgan fingerprint density at radius 1 is 1.52 bits per heavy atom. The summed E-state index contributed by atoms with van der Waals surface area (Å²) in [5.41, 5.74) is 2.46. The summed E-state index contributed by atoms with van der Waals surface area (Å²) in [4.78, 5) is 16.2. The van der Waals surface area contributed by atoms with Crippen LogP contribution in [0.25, 0.3) is 0 Å². The first-order chi connectivity index (χ1) is 11.1. The molecule has 23 heavy (non-hydrogen) atoms. The zero-order chi connectivity index (χ0) is 16.4. The average Bonchev–Trinajstić information content (AvgIpc) is 2.95. The van der Waals surface area contributed by atoms with E-state index in [1.807, 2.05) is 10.9 Å². The largest absolute Gasteiger partial charge is 0.347 e. The molecule has 122 valence electrons. The van der Waals surface area contributed by atoms with E-state index < -0.39 is 5.82 Å². The molecule has 1 aliphatic rings. The van der Waals surface area contributed by atoms with Crippen LogP contribution >= 0.6 is 0 Å². The predicted molar refractivity (Wildman–Crippen MR) is 84.3 cm³/mol. The minimum Gasteiger partial charge on any atom is -0.347 e. The van der Waals surface area contributed by atoms with E-state index in [9.17, 15) is 9.18 Å². The van der Waals surface area contributed by atoms with Crippen LogP contribution in [0.4, 0.5) is 4.39 Å². The van der Waals surface area contributed by atoms with Crippen molar-refractivity contribution in [1.82, 2.24) is 20.1 Å². The van der Waals surface area contributed by atoms with E-state index in [0.717, 1.165) is 25.0 Å². The van der Waals surface area contributed by atoms with Crippen molar-refractivity contribution >= 4 is 5.91 Å². The van der Waals surface area contributed by atoms with Crippen molar-refractivity contribution in [1.29, 1.82) is 0 Å². The minimum atomic E-state index is -0.445. The summed E-state index contributed by atoms with van der Waals surface area (Å²) in [7, 11) is 0. The lowest BCUT2D eigenvalue weighted by atomic mass is 9.93. The van der Waals surface area contributed by atoms with Crippen molar-refractivity contribution in [3.63, 3.8) is 0 Å². The quantitative estimate of drug-likeness (QED) is 0.943. The van der Waals surface area contributed by atoms with Gasteiger partial charge < -0.3 is 5.32 Å². The first-order valence-electron chi connectivity index (χ1n) is 8.01. The first-order valence-corrected chi connectivity index (χ1v) is 8.01. The molecule has 0 fully saturated rings. The molecule has 3 rings (SSSR count). The third-order valence-corrected chi connectivity index (χ3v) is 4.17. The van der Waals surface area contributed by atoms with E-state index in [2.05, 4.69) is 29.2 Å². The molecule has 2 aromatic rings. The Morgan fingerprint density at radius 3 is 3.09 bits per heavy atom. The van der Waals surface area contributed by atoms with Crippen molar-refractivity contribution in [3.8, 4) is 0 Å². The summed E-state index contributed by atoms with van der Waals surface area (Å²) in [6, 6.07) is 3.01. The van der Waals surface area contributed by atoms with Crippen molar-refractivity contribution in [2.24, 2.45) is 0 Å². The first kappa shape index (κ1) is 15.6. The predicted octanol–water partition coefficient (Wildman–Crippen LogP) is 2.73. The summed E-state index contributed by atoms with van der Waals surface area (Å²) in [6.45, 7) is 4.15. The molecule has 2 heterocycles. The number of nitrogens with one attached hydrogen (secondary N) is 1. The molecule has 1 amide bonds. The third-order valence-electron chi connectivity index (χ3n) is 4.17. The Hall–Kier alpha value is -2.24. The van der Waals surface area contributed by atoms with Crippen LogP contribution < -0.4 is 5.32 Å². The fourth-order valence-corrected chi connectivity index (χ4v) is 3.11. The second kappa shape index (κ2) is 6.48. The lowest BCUT2D eigenvalue weighted by molar-refractivity contribution is -0.121. The zero-order valence-electron chi connectivity index (χ0n) is 13.4. The van der Waals surface area contributed by atoms with Crippen LogP contribution in [0.3, 0.4) is 0 Å². The summed E-state index contributed by atoms with van der Waals surface area (Å²) in [5.74, 6) is -0.656. The minimum absolute atomic E-state index is 0.0473. The number of aryl methyl sites for hydroxylation is 1. The molecule has 0 bridgehead atoms. The molecule has 1 unspecified atom stereocenters. The van der Waals surface area contributed by atoms with Crippen LogP contribution in [-0.2, 0) is 17.6 Å². The van der Waals surface area contributed by atoms with Gasteiger partial charge in [-0.1, -0.05) is 0 Å². The highest BCUT2D eigenvalue weighted by Crippen LogP contribution is 2.31. The van der Waals surface area contributed by atoms with Crippen LogP contribution in [0.5, 0.6) is 0 Å². The van der Waals surface area contributed by atoms with E-state index in [1.54, 1.807) is 0 Å². The summed E-state index contributed by atoms with van der Waals surface area (Å²) in [6.07, 6.45) is 6.23. The standard InChI is InChI=1S/C17H21FN4O/c1-11(2)22-17-12(10-20-22)5-3-7-14(17)21-16(23)9-15-13(18)6-4-8-19-15/h4,6,8,10-11,14H,3,5,7,9H2,1-2H3,(H,21,23). The molecule has 1 N–H and O–H groups in total. The number of hydrogen-bond donors (Lipinski definition) is 1. The highest BCUT2D eigenvalue weighted by atomic mass is 19.1. The zero-order valence-corrected chi connectivity index (χ0v) is 13.4. The van der Waals surface area contributed by atoms with Gasteiger partial charge in [-0.3, -0.25) is 14.5 Å². The van der Waals surface area contributed by atoms with E-state index in [1.165, 1.54) is 23.9 Å². The number of amides is 1. The average molecular weight is 316 g/mol. The monoisotopic (exact) mass is 316 g/mol. The SMILES string of the molecule is CC(C)n1ncc2c1C(NC(=O)Cc1ncccc1F)CCC2. The molecule has 1 atom stereocenters. The maximum atomic E-state index is 13.6. The fraction of sp³-hybridized carbons (Fsp3) is 0.471. The summed E-state index contributed by atoms with van der Waals surface area (Å²) >= 11 is 0. The lowest BCUT2D eigenvalue weighted by Crippen LogP contribution is -2.34. The number of carbonyl (C=O) groups is 1. The number of hydrogen-bond acceptors (Lipinski definition) is 3.